The molecule has 0 heterocycles. The number of anilines is 1. The molecule has 0 saturated heterocycles. The Balaban J connectivity index is 2.64. The lowest BCUT2D eigenvalue weighted by Crippen LogP contribution is -2.47. The molecule has 6 nitrogen and oxygen atoms in total. The fourth-order valence-corrected chi connectivity index (χ4v) is 1.73. The number of halogens is 3. The number of alkyl halides is 2. The highest BCUT2D eigenvalue weighted by atomic mass is 19.3. The first-order valence-corrected chi connectivity index (χ1v) is 7.05. The third-order valence-electron chi connectivity index (χ3n) is 2.64. The summed E-state index contributed by atoms with van der Waals surface area (Å²) in [5, 5.41) is 5.05. The van der Waals surface area contributed by atoms with E-state index in [9.17, 15) is 22.8 Å². The van der Waals surface area contributed by atoms with Crippen molar-refractivity contribution in [2.75, 3.05) is 18.9 Å². The summed E-state index contributed by atoms with van der Waals surface area (Å²) in [5.74, 6) is -2.02. The van der Waals surface area contributed by atoms with Gasteiger partial charge in [0.05, 0.1) is 0 Å². The zero-order valence-corrected chi connectivity index (χ0v) is 13.8. The Labute approximate surface area is 138 Å². The third-order valence-corrected chi connectivity index (χ3v) is 2.64. The molecular formula is C15H20F3N3O3. The number of nitrogens with zero attached hydrogens (tertiary/aromatic N) is 1. The molecule has 0 saturated carbocycles. The van der Waals surface area contributed by atoms with Gasteiger partial charge in [0.2, 0.25) is 5.91 Å². The smallest absolute Gasteiger partial charge is 0.387 e. The van der Waals surface area contributed by atoms with E-state index in [0.29, 0.717) is 0 Å². The molecule has 1 rings (SSSR count). The second-order valence-corrected chi connectivity index (χ2v) is 6.11. The van der Waals surface area contributed by atoms with Crippen LogP contribution < -0.4 is 15.4 Å². The van der Waals surface area contributed by atoms with Gasteiger partial charge >= 0.3 is 12.6 Å². The van der Waals surface area contributed by atoms with Crippen LogP contribution in [-0.4, -0.2) is 42.6 Å². The van der Waals surface area contributed by atoms with Crippen LogP contribution in [0.25, 0.3) is 0 Å². The number of carbonyl (C=O) groups excluding carboxylic acids is 2. The summed E-state index contributed by atoms with van der Waals surface area (Å²) in [6.07, 6.45) is 0. The van der Waals surface area contributed by atoms with Crippen molar-refractivity contribution in [1.82, 2.24) is 10.2 Å². The van der Waals surface area contributed by atoms with Crippen molar-refractivity contribution in [1.29, 1.82) is 0 Å². The summed E-state index contributed by atoms with van der Waals surface area (Å²) in [6.45, 7) is 2.06. The van der Waals surface area contributed by atoms with Crippen molar-refractivity contribution in [3.05, 3.63) is 24.0 Å². The average molecular weight is 347 g/mol. The molecule has 1 aromatic carbocycles. The first kappa shape index (κ1) is 19.6. The summed E-state index contributed by atoms with van der Waals surface area (Å²) in [7, 11) is 1.39. The molecule has 0 atom stereocenters. The van der Waals surface area contributed by atoms with Crippen LogP contribution in [0.3, 0.4) is 0 Å². The number of nitrogens with one attached hydrogen (secondary N) is 2. The van der Waals surface area contributed by atoms with Gasteiger partial charge in [-0.15, -0.1) is 0 Å². The topological polar surface area (TPSA) is 70.7 Å². The molecule has 0 bridgehead atoms. The summed E-state index contributed by atoms with van der Waals surface area (Å²) in [5.41, 5.74) is -0.389. The first-order chi connectivity index (χ1) is 11.0. The van der Waals surface area contributed by atoms with Crippen LogP contribution in [0.4, 0.5) is 23.7 Å². The zero-order chi connectivity index (χ0) is 18.5. The minimum Gasteiger partial charge on any atom is -0.432 e. The predicted molar refractivity (Wildman–Crippen MR) is 82.6 cm³/mol. The van der Waals surface area contributed by atoms with E-state index in [1.165, 1.54) is 13.1 Å². The van der Waals surface area contributed by atoms with Gasteiger partial charge in [0, 0.05) is 24.3 Å². The summed E-state index contributed by atoms with van der Waals surface area (Å²) < 4.78 is 41.6. The molecule has 134 valence electrons. The Kier molecular flexibility index (Phi) is 6.44. The minimum absolute atomic E-state index is 0.0437. The van der Waals surface area contributed by atoms with Crippen LogP contribution in [0.2, 0.25) is 0 Å². The molecule has 0 aliphatic heterocycles. The molecule has 24 heavy (non-hydrogen) atoms. The number of carbonyl (C=O) groups is 2. The molecule has 0 aliphatic carbocycles. The van der Waals surface area contributed by atoms with E-state index >= 15 is 0 Å². The van der Waals surface area contributed by atoms with Crippen LogP contribution in [0.1, 0.15) is 20.8 Å². The van der Waals surface area contributed by atoms with Crippen molar-refractivity contribution in [2.24, 2.45) is 0 Å². The zero-order valence-electron chi connectivity index (χ0n) is 13.8. The lowest BCUT2D eigenvalue weighted by molar-refractivity contribution is -0.122. The van der Waals surface area contributed by atoms with Crippen molar-refractivity contribution in [3.63, 3.8) is 0 Å². The van der Waals surface area contributed by atoms with Crippen molar-refractivity contribution >= 4 is 17.6 Å². The number of rotatable bonds is 5. The van der Waals surface area contributed by atoms with E-state index in [0.717, 1.165) is 17.0 Å². The molecule has 1 aromatic rings. The summed E-state index contributed by atoms with van der Waals surface area (Å²) in [4.78, 5) is 24.8. The van der Waals surface area contributed by atoms with E-state index in [-0.39, 0.29) is 18.1 Å². The maximum Gasteiger partial charge on any atom is 0.387 e. The largest absolute Gasteiger partial charge is 0.432 e. The highest BCUT2D eigenvalue weighted by Gasteiger charge is 2.18. The van der Waals surface area contributed by atoms with Crippen LogP contribution in [0.5, 0.6) is 5.75 Å². The number of hydrogen-bond acceptors (Lipinski definition) is 3. The van der Waals surface area contributed by atoms with E-state index in [2.05, 4.69) is 15.4 Å². The second kappa shape index (κ2) is 7.89. The van der Waals surface area contributed by atoms with E-state index in [1.807, 2.05) is 0 Å². The van der Waals surface area contributed by atoms with Crippen LogP contribution in [0.15, 0.2) is 18.2 Å². The standard InChI is InChI=1S/C15H20F3N3O3/c1-15(2,3)20-12(22)8-21(4)14(23)19-9-5-6-11(10(16)7-9)24-13(17)18/h5-7,13H,8H2,1-4H3,(H,19,23)(H,20,22). The van der Waals surface area contributed by atoms with Gasteiger partial charge in [-0.25, -0.2) is 9.18 Å². The van der Waals surface area contributed by atoms with Gasteiger partial charge < -0.3 is 20.3 Å². The lowest BCUT2D eigenvalue weighted by atomic mass is 10.1. The van der Waals surface area contributed by atoms with Crippen LogP contribution in [0, 0.1) is 5.82 Å². The van der Waals surface area contributed by atoms with E-state index in [4.69, 9.17) is 0 Å². The molecule has 0 aromatic heterocycles. The molecule has 0 fully saturated rings. The van der Waals surface area contributed by atoms with E-state index in [1.54, 1.807) is 20.8 Å². The Morgan fingerprint density at radius 3 is 2.42 bits per heavy atom. The molecule has 9 heteroatoms. The normalized spacial score (nSPS) is 11.2. The van der Waals surface area contributed by atoms with Gasteiger partial charge in [-0.3, -0.25) is 4.79 Å². The third kappa shape index (κ3) is 6.76. The Morgan fingerprint density at radius 1 is 1.29 bits per heavy atom. The molecule has 0 unspecified atom stereocenters. The highest BCUT2D eigenvalue weighted by molar-refractivity contribution is 5.92. The number of hydrogen-bond donors (Lipinski definition) is 2. The van der Waals surface area contributed by atoms with Gasteiger partial charge in [-0.1, -0.05) is 0 Å². The lowest BCUT2D eigenvalue weighted by Gasteiger charge is -2.23. The van der Waals surface area contributed by atoms with Crippen LogP contribution in [-0.2, 0) is 4.79 Å². The molecule has 2 N–H and O–H groups in total. The maximum absolute atomic E-state index is 13.6. The fourth-order valence-electron chi connectivity index (χ4n) is 1.73. The van der Waals surface area contributed by atoms with Crippen molar-refractivity contribution in [2.45, 2.75) is 32.9 Å². The SMILES string of the molecule is CN(CC(=O)NC(C)(C)C)C(=O)Nc1ccc(OC(F)F)c(F)c1. The van der Waals surface area contributed by atoms with Gasteiger partial charge in [-0.05, 0) is 32.9 Å². The maximum atomic E-state index is 13.6. The monoisotopic (exact) mass is 347 g/mol. The molecule has 3 amide bonds. The molecule has 0 radical (unpaired) electrons. The van der Waals surface area contributed by atoms with Gasteiger partial charge in [0.25, 0.3) is 0 Å². The average Bonchev–Trinajstić information content (AvgIpc) is 2.39. The first-order valence-electron chi connectivity index (χ1n) is 7.05. The summed E-state index contributed by atoms with van der Waals surface area (Å²) in [6, 6.07) is 2.38. The van der Waals surface area contributed by atoms with Crippen molar-refractivity contribution < 1.29 is 27.5 Å². The number of likely N-dealkylation sites (N-methyl/N-ethyl adjacent to an activating group) is 1. The minimum atomic E-state index is -3.15. The number of benzene rings is 1. The molecule has 0 spiro atoms. The highest BCUT2D eigenvalue weighted by Crippen LogP contribution is 2.22. The Morgan fingerprint density at radius 2 is 1.92 bits per heavy atom. The second-order valence-electron chi connectivity index (χ2n) is 6.11. The number of amides is 3. The van der Waals surface area contributed by atoms with Crippen LogP contribution >= 0.6 is 0 Å². The molecule has 0 aliphatic rings. The fraction of sp³-hybridized carbons (Fsp3) is 0.467. The number of urea groups is 1. The van der Waals surface area contributed by atoms with Crippen molar-refractivity contribution in [3.8, 4) is 5.75 Å². The summed E-state index contributed by atoms with van der Waals surface area (Å²) >= 11 is 0. The van der Waals surface area contributed by atoms with Gasteiger partial charge in [0.15, 0.2) is 11.6 Å². The van der Waals surface area contributed by atoms with E-state index < -0.39 is 29.7 Å². The van der Waals surface area contributed by atoms with Gasteiger partial charge in [0.1, 0.15) is 6.54 Å². The Hall–Kier alpha value is -2.45. The number of ether oxygens (including phenoxy) is 1. The van der Waals surface area contributed by atoms with Gasteiger partial charge in [-0.2, -0.15) is 8.78 Å². The quantitative estimate of drug-likeness (QED) is 0.860. The predicted octanol–water partition coefficient (Wildman–Crippen LogP) is 2.81. The molecular weight excluding hydrogens is 327 g/mol. The Bertz CT molecular complexity index is 603.